The van der Waals surface area contributed by atoms with Crippen LogP contribution in [0.1, 0.15) is 0 Å². The van der Waals surface area contributed by atoms with Gasteiger partial charge in [0.15, 0.2) is 11.0 Å². The second kappa shape index (κ2) is 6.30. The van der Waals surface area contributed by atoms with Gasteiger partial charge >= 0.3 is 0 Å². The highest BCUT2D eigenvalue weighted by molar-refractivity contribution is 9.10. The Kier molecular flexibility index (Phi) is 4.17. The molecule has 1 aliphatic rings. The third kappa shape index (κ3) is 3.05. The van der Waals surface area contributed by atoms with Crippen molar-refractivity contribution in [2.75, 3.05) is 10.8 Å². The van der Waals surface area contributed by atoms with E-state index in [1.54, 1.807) is 11.8 Å². The highest BCUT2D eigenvalue weighted by Gasteiger charge is 2.22. The summed E-state index contributed by atoms with van der Waals surface area (Å²) in [7, 11) is 0. The summed E-state index contributed by atoms with van der Waals surface area (Å²) in [5, 5.41) is 9.69. The van der Waals surface area contributed by atoms with Crippen LogP contribution in [0.2, 0.25) is 0 Å². The Balaban J connectivity index is 1.69. The lowest BCUT2D eigenvalue weighted by molar-refractivity contribution is 0.608. The van der Waals surface area contributed by atoms with Gasteiger partial charge in [0.05, 0.1) is 12.5 Å². The predicted octanol–water partition coefficient (Wildman–Crippen LogP) is 5.00. The molecule has 1 aliphatic heterocycles. The van der Waals surface area contributed by atoms with Gasteiger partial charge in [0.2, 0.25) is 0 Å². The SMILES string of the molecule is Brc1ccc(N2CSc3nnc(-c4cccc(Br)c4)n3C2)cc1. The number of benzene rings is 2. The predicted molar refractivity (Wildman–Crippen MR) is 101 cm³/mol. The number of fused-ring (bicyclic) bond motifs is 1. The summed E-state index contributed by atoms with van der Waals surface area (Å²) in [6.45, 7) is 0.749. The molecule has 1 aromatic heterocycles. The average molecular weight is 452 g/mol. The summed E-state index contributed by atoms with van der Waals surface area (Å²) in [6.07, 6.45) is 0. The van der Waals surface area contributed by atoms with E-state index in [1.807, 2.05) is 12.1 Å². The highest BCUT2D eigenvalue weighted by atomic mass is 79.9. The molecule has 0 fully saturated rings. The molecule has 23 heavy (non-hydrogen) atoms. The monoisotopic (exact) mass is 450 g/mol. The number of halogens is 2. The largest absolute Gasteiger partial charge is 0.344 e. The molecule has 4 nitrogen and oxygen atoms in total. The first kappa shape index (κ1) is 15.2. The van der Waals surface area contributed by atoms with Gasteiger partial charge in [0, 0.05) is 20.2 Å². The van der Waals surface area contributed by atoms with E-state index in [9.17, 15) is 0 Å². The van der Waals surface area contributed by atoms with Crippen molar-refractivity contribution in [3.8, 4) is 11.4 Å². The van der Waals surface area contributed by atoms with Crippen LogP contribution in [0.5, 0.6) is 0 Å². The van der Waals surface area contributed by atoms with E-state index in [0.717, 1.165) is 38.0 Å². The van der Waals surface area contributed by atoms with Crippen molar-refractivity contribution in [2.24, 2.45) is 0 Å². The van der Waals surface area contributed by atoms with E-state index >= 15 is 0 Å². The summed E-state index contributed by atoms with van der Waals surface area (Å²) in [5.74, 6) is 1.77. The molecule has 0 amide bonds. The molecule has 2 heterocycles. The van der Waals surface area contributed by atoms with Crippen molar-refractivity contribution in [3.05, 3.63) is 57.5 Å². The van der Waals surface area contributed by atoms with E-state index in [2.05, 4.69) is 87.9 Å². The van der Waals surface area contributed by atoms with Crippen LogP contribution in [0.4, 0.5) is 5.69 Å². The van der Waals surface area contributed by atoms with Gasteiger partial charge in [0.25, 0.3) is 0 Å². The Labute approximate surface area is 155 Å². The first-order chi connectivity index (χ1) is 11.2. The minimum atomic E-state index is 0.749. The van der Waals surface area contributed by atoms with Crippen molar-refractivity contribution >= 4 is 49.3 Å². The van der Waals surface area contributed by atoms with Crippen LogP contribution >= 0.6 is 43.6 Å². The van der Waals surface area contributed by atoms with Crippen LogP contribution in [-0.2, 0) is 6.67 Å². The van der Waals surface area contributed by atoms with Crippen molar-refractivity contribution in [1.29, 1.82) is 0 Å². The highest BCUT2D eigenvalue weighted by Crippen LogP contribution is 2.32. The molecule has 3 aromatic rings. The van der Waals surface area contributed by atoms with Gasteiger partial charge in [-0.3, -0.25) is 4.57 Å². The van der Waals surface area contributed by atoms with E-state index < -0.39 is 0 Å². The number of anilines is 1. The maximum atomic E-state index is 4.39. The molecule has 4 rings (SSSR count). The van der Waals surface area contributed by atoms with Crippen LogP contribution in [0.15, 0.2) is 62.6 Å². The molecule has 2 aromatic carbocycles. The lowest BCUT2D eigenvalue weighted by atomic mass is 10.2. The van der Waals surface area contributed by atoms with Crippen molar-refractivity contribution in [1.82, 2.24) is 14.8 Å². The summed E-state index contributed by atoms with van der Waals surface area (Å²) >= 11 is 8.71. The van der Waals surface area contributed by atoms with Gasteiger partial charge in [-0.25, -0.2) is 0 Å². The molecule has 0 bridgehead atoms. The molecular weight excluding hydrogens is 440 g/mol. The summed E-state index contributed by atoms with van der Waals surface area (Å²) in [6, 6.07) is 16.5. The number of hydrogen-bond acceptors (Lipinski definition) is 4. The lowest BCUT2D eigenvalue weighted by Gasteiger charge is -2.29. The van der Waals surface area contributed by atoms with Crippen molar-refractivity contribution in [2.45, 2.75) is 11.8 Å². The van der Waals surface area contributed by atoms with Crippen LogP contribution in [-0.4, -0.2) is 20.6 Å². The van der Waals surface area contributed by atoms with Gasteiger partial charge in [0.1, 0.15) is 0 Å². The summed E-state index contributed by atoms with van der Waals surface area (Å²) in [5.41, 5.74) is 2.26. The molecule has 0 saturated heterocycles. The average Bonchev–Trinajstić information content (AvgIpc) is 2.98. The fourth-order valence-electron chi connectivity index (χ4n) is 2.52. The van der Waals surface area contributed by atoms with Gasteiger partial charge in [-0.15, -0.1) is 10.2 Å². The Morgan fingerprint density at radius 3 is 2.57 bits per heavy atom. The van der Waals surface area contributed by atoms with Gasteiger partial charge in [-0.2, -0.15) is 0 Å². The maximum Gasteiger partial charge on any atom is 0.194 e. The first-order valence-corrected chi connectivity index (χ1v) is 9.60. The van der Waals surface area contributed by atoms with Crippen LogP contribution in [0.25, 0.3) is 11.4 Å². The molecular formula is C16H12Br2N4S. The maximum absolute atomic E-state index is 4.39. The van der Waals surface area contributed by atoms with E-state index in [0.29, 0.717) is 0 Å². The van der Waals surface area contributed by atoms with Crippen molar-refractivity contribution < 1.29 is 0 Å². The smallest absolute Gasteiger partial charge is 0.194 e. The van der Waals surface area contributed by atoms with Crippen LogP contribution < -0.4 is 4.90 Å². The lowest BCUT2D eigenvalue weighted by Crippen LogP contribution is -2.30. The van der Waals surface area contributed by atoms with E-state index in [4.69, 9.17) is 0 Å². The first-order valence-electron chi connectivity index (χ1n) is 7.03. The molecule has 116 valence electrons. The van der Waals surface area contributed by atoms with E-state index in [1.165, 1.54) is 5.69 Å². The zero-order valence-corrected chi connectivity index (χ0v) is 16.0. The third-order valence-electron chi connectivity index (χ3n) is 3.65. The van der Waals surface area contributed by atoms with Crippen LogP contribution in [0.3, 0.4) is 0 Å². The van der Waals surface area contributed by atoms with Crippen LogP contribution in [0, 0.1) is 0 Å². The molecule has 0 atom stereocenters. The fraction of sp³-hybridized carbons (Fsp3) is 0.125. The molecule has 7 heteroatoms. The summed E-state index contributed by atoms with van der Waals surface area (Å²) < 4.78 is 4.30. The quantitative estimate of drug-likeness (QED) is 0.549. The topological polar surface area (TPSA) is 34.0 Å². The zero-order chi connectivity index (χ0) is 15.8. The number of thioether (sulfide) groups is 1. The number of aromatic nitrogens is 3. The van der Waals surface area contributed by atoms with E-state index in [-0.39, 0.29) is 0 Å². The molecule has 0 N–H and O–H groups in total. The Morgan fingerprint density at radius 1 is 0.957 bits per heavy atom. The normalized spacial score (nSPS) is 13.9. The molecule has 0 unspecified atom stereocenters. The molecule has 0 saturated carbocycles. The molecule has 0 radical (unpaired) electrons. The number of rotatable bonds is 2. The third-order valence-corrected chi connectivity index (χ3v) is 5.68. The standard InChI is InChI=1S/C16H12Br2N4S/c17-12-4-6-14(7-5-12)21-9-22-15(19-20-16(22)23-10-21)11-2-1-3-13(18)8-11/h1-8H,9-10H2. The van der Waals surface area contributed by atoms with Gasteiger partial charge in [-0.05, 0) is 36.4 Å². The second-order valence-electron chi connectivity index (χ2n) is 5.18. The Bertz CT molecular complexity index is 848. The summed E-state index contributed by atoms with van der Waals surface area (Å²) in [4.78, 5) is 2.31. The fourth-order valence-corrected chi connectivity index (χ4v) is 4.08. The van der Waals surface area contributed by atoms with Gasteiger partial charge < -0.3 is 4.90 Å². The number of nitrogens with zero attached hydrogens (tertiary/aromatic N) is 4. The molecule has 0 spiro atoms. The number of hydrogen-bond donors (Lipinski definition) is 0. The Morgan fingerprint density at radius 2 is 1.78 bits per heavy atom. The minimum absolute atomic E-state index is 0.749. The molecule has 0 aliphatic carbocycles. The van der Waals surface area contributed by atoms with Gasteiger partial charge in [-0.1, -0.05) is 55.8 Å². The zero-order valence-electron chi connectivity index (χ0n) is 12.0. The Hall–Kier alpha value is -1.31. The second-order valence-corrected chi connectivity index (χ2v) is 7.92. The van der Waals surface area contributed by atoms with Crippen molar-refractivity contribution in [3.63, 3.8) is 0 Å². The minimum Gasteiger partial charge on any atom is -0.344 e.